The zero-order chi connectivity index (χ0) is 22.3. The Morgan fingerprint density at radius 1 is 0.903 bits per heavy atom. The van der Waals surface area contributed by atoms with Crippen molar-refractivity contribution < 1.29 is 19.1 Å². The summed E-state index contributed by atoms with van der Waals surface area (Å²) in [7, 11) is 0. The lowest BCUT2D eigenvalue weighted by molar-refractivity contribution is 0.0472. The maximum atomic E-state index is 13.0. The van der Waals surface area contributed by atoms with Crippen LogP contribution in [0.2, 0.25) is 10.0 Å². The minimum absolute atomic E-state index is 0.0482. The molecule has 7 heteroatoms. The van der Waals surface area contributed by atoms with Gasteiger partial charge in [-0.2, -0.15) is 0 Å². The van der Waals surface area contributed by atoms with Crippen molar-refractivity contribution in [2.75, 3.05) is 4.90 Å². The summed E-state index contributed by atoms with van der Waals surface area (Å²) in [6, 6.07) is 14.8. The second-order valence-corrected chi connectivity index (χ2v) is 8.15. The van der Waals surface area contributed by atoms with Gasteiger partial charge in [-0.25, -0.2) is 9.69 Å². The average molecular weight is 454 g/mol. The lowest BCUT2D eigenvalue weighted by Crippen LogP contribution is -2.30. The number of aryl methyl sites for hydroxylation is 2. The number of anilines is 1. The van der Waals surface area contributed by atoms with Crippen LogP contribution in [0.15, 0.2) is 54.6 Å². The van der Waals surface area contributed by atoms with Gasteiger partial charge in [-0.05, 0) is 61.4 Å². The van der Waals surface area contributed by atoms with Crippen LogP contribution in [0, 0.1) is 13.8 Å². The third-order valence-electron chi connectivity index (χ3n) is 5.10. The fraction of sp³-hybridized carbons (Fsp3) is 0.125. The molecule has 0 aliphatic carbocycles. The van der Waals surface area contributed by atoms with Gasteiger partial charge in [0.1, 0.15) is 6.61 Å². The number of esters is 1. The van der Waals surface area contributed by atoms with E-state index in [0.29, 0.717) is 21.3 Å². The van der Waals surface area contributed by atoms with Crippen LogP contribution in [-0.2, 0) is 11.3 Å². The zero-order valence-electron chi connectivity index (χ0n) is 16.7. The molecule has 0 fully saturated rings. The molecule has 0 saturated heterocycles. The number of carbonyl (C=O) groups is 3. The van der Waals surface area contributed by atoms with E-state index in [-0.39, 0.29) is 23.3 Å². The number of rotatable bonds is 4. The Morgan fingerprint density at radius 3 is 2.39 bits per heavy atom. The largest absolute Gasteiger partial charge is 0.457 e. The summed E-state index contributed by atoms with van der Waals surface area (Å²) in [6.45, 7) is 3.68. The highest BCUT2D eigenvalue weighted by molar-refractivity contribution is 6.35. The number of imide groups is 1. The van der Waals surface area contributed by atoms with E-state index in [1.54, 1.807) is 24.3 Å². The molecule has 0 spiro atoms. The zero-order valence-corrected chi connectivity index (χ0v) is 18.3. The van der Waals surface area contributed by atoms with E-state index in [2.05, 4.69) is 0 Å². The van der Waals surface area contributed by atoms with Gasteiger partial charge in [0.25, 0.3) is 11.8 Å². The third-order valence-corrected chi connectivity index (χ3v) is 5.69. The second-order valence-electron chi connectivity index (χ2n) is 7.31. The summed E-state index contributed by atoms with van der Waals surface area (Å²) in [5.74, 6) is -1.51. The SMILES string of the molecule is Cc1ccc(C)c(N2C(=O)c3ccc(C(=O)OCc4ccc(Cl)cc4Cl)cc3C2=O)c1. The number of carbonyl (C=O) groups excluding carboxylic acids is 3. The number of nitrogens with zero attached hydrogens (tertiary/aromatic N) is 1. The fourth-order valence-corrected chi connectivity index (χ4v) is 3.88. The molecular formula is C24H17Cl2NO4. The number of benzene rings is 3. The van der Waals surface area contributed by atoms with Crippen molar-refractivity contribution in [1.29, 1.82) is 0 Å². The Bertz CT molecular complexity index is 1250. The van der Waals surface area contributed by atoms with Gasteiger partial charge in [0.15, 0.2) is 0 Å². The van der Waals surface area contributed by atoms with Crippen molar-refractivity contribution in [3.05, 3.63) is 98.0 Å². The number of hydrogen-bond donors (Lipinski definition) is 0. The monoisotopic (exact) mass is 453 g/mol. The summed E-state index contributed by atoms with van der Waals surface area (Å²) < 4.78 is 5.33. The first-order valence-corrected chi connectivity index (χ1v) is 10.2. The van der Waals surface area contributed by atoms with E-state index in [1.807, 2.05) is 26.0 Å². The Labute approximate surface area is 189 Å². The van der Waals surface area contributed by atoms with E-state index in [4.69, 9.17) is 27.9 Å². The number of ether oxygens (including phenoxy) is 1. The molecule has 156 valence electrons. The van der Waals surface area contributed by atoms with Crippen molar-refractivity contribution in [3.8, 4) is 0 Å². The van der Waals surface area contributed by atoms with Gasteiger partial charge in [0.05, 0.1) is 22.4 Å². The predicted octanol–water partition coefficient (Wildman–Crippen LogP) is 5.77. The van der Waals surface area contributed by atoms with Crippen LogP contribution in [0.5, 0.6) is 0 Å². The predicted molar refractivity (Wildman–Crippen MR) is 119 cm³/mol. The van der Waals surface area contributed by atoms with Gasteiger partial charge in [-0.1, -0.05) is 41.4 Å². The summed E-state index contributed by atoms with van der Waals surface area (Å²) in [5, 5.41) is 0.870. The minimum Gasteiger partial charge on any atom is -0.457 e. The highest BCUT2D eigenvalue weighted by atomic mass is 35.5. The second kappa shape index (κ2) is 8.17. The smallest absolute Gasteiger partial charge is 0.338 e. The molecule has 0 atom stereocenters. The quantitative estimate of drug-likeness (QED) is 0.371. The number of halogens is 2. The number of fused-ring (bicyclic) bond motifs is 1. The summed E-state index contributed by atoms with van der Waals surface area (Å²) in [5.41, 5.74) is 3.48. The lowest BCUT2D eigenvalue weighted by atomic mass is 10.1. The molecule has 0 aromatic heterocycles. The average Bonchev–Trinajstić information content (AvgIpc) is 2.99. The summed E-state index contributed by atoms with van der Waals surface area (Å²) in [4.78, 5) is 39.6. The maximum absolute atomic E-state index is 13.0. The normalized spacial score (nSPS) is 12.8. The Morgan fingerprint density at radius 2 is 1.65 bits per heavy atom. The molecule has 0 unspecified atom stereocenters. The molecule has 2 amide bonds. The molecule has 4 rings (SSSR count). The van der Waals surface area contributed by atoms with E-state index in [0.717, 1.165) is 16.0 Å². The van der Waals surface area contributed by atoms with Gasteiger partial charge in [0.2, 0.25) is 0 Å². The molecule has 1 aliphatic heterocycles. The molecule has 1 heterocycles. The maximum Gasteiger partial charge on any atom is 0.338 e. The Kier molecular flexibility index (Phi) is 5.56. The van der Waals surface area contributed by atoms with Gasteiger partial charge < -0.3 is 4.74 Å². The van der Waals surface area contributed by atoms with Crippen LogP contribution in [0.3, 0.4) is 0 Å². The molecule has 0 saturated carbocycles. The molecule has 0 bridgehead atoms. The van der Waals surface area contributed by atoms with E-state index in [1.165, 1.54) is 18.2 Å². The van der Waals surface area contributed by atoms with E-state index in [9.17, 15) is 14.4 Å². The molecule has 5 nitrogen and oxygen atoms in total. The van der Waals surface area contributed by atoms with E-state index < -0.39 is 17.8 Å². The highest BCUT2D eigenvalue weighted by Crippen LogP contribution is 2.32. The standard InChI is InChI=1S/C24H17Cl2NO4/c1-13-3-4-14(2)21(9-13)27-22(28)18-8-6-15(10-19(18)23(27)29)24(30)31-12-16-5-7-17(25)11-20(16)26/h3-11H,12H2,1-2H3. The first kappa shape index (κ1) is 21.1. The lowest BCUT2D eigenvalue weighted by Gasteiger charge is -2.17. The van der Waals surface area contributed by atoms with Crippen LogP contribution in [0.25, 0.3) is 0 Å². The molecule has 0 N–H and O–H groups in total. The summed E-state index contributed by atoms with van der Waals surface area (Å²) >= 11 is 12.0. The molecule has 1 aliphatic rings. The van der Waals surface area contributed by atoms with Crippen molar-refractivity contribution >= 4 is 46.7 Å². The van der Waals surface area contributed by atoms with Crippen LogP contribution in [0.1, 0.15) is 47.8 Å². The summed E-state index contributed by atoms with van der Waals surface area (Å²) in [6.07, 6.45) is 0. The first-order chi connectivity index (χ1) is 14.8. The van der Waals surface area contributed by atoms with Crippen LogP contribution < -0.4 is 4.90 Å². The van der Waals surface area contributed by atoms with Crippen molar-refractivity contribution in [1.82, 2.24) is 0 Å². The van der Waals surface area contributed by atoms with Crippen LogP contribution >= 0.6 is 23.2 Å². The van der Waals surface area contributed by atoms with Crippen molar-refractivity contribution in [3.63, 3.8) is 0 Å². The molecule has 31 heavy (non-hydrogen) atoms. The van der Waals surface area contributed by atoms with Gasteiger partial charge >= 0.3 is 5.97 Å². The number of amides is 2. The van der Waals surface area contributed by atoms with E-state index >= 15 is 0 Å². The van der Waals surface area contributed by atoms with Gasteiger partial charge in [0, 0.05) is 15.6 Å². The third kappa shape index (κ3) is 3.94. The minimum atomic E-state index is -0.626. The Balaban J connectivity index is 1.58. The first-order valence-electron chi connectivity index (χ1n) is 9.47. The van der Waals surface area contributed by atoms with Gasteiger partial charge in [-0.3, -0.25) is 9.59 Å². The molecule has 0 radical (unpaired) electrons. The highest BCUT2D eigenvalue weighted by Gasteiger charge is 2.38. The Hall–Kier alpha value is -3.15. The topological polar surface area (TPSA) is 63.7 Å². The molecular weight excluding hydrogens is 437 g/mol. The van der Waals surface area contributed by atoms with Crippen LogP contribution in [-0.4, -0.2) is 17.8 Å². The molecule has 3 aromatic rings. The van der Waals surface area contributed by atoms with Crippen molar-refractivity contribution in [2.24, 2.45) is 0 Å². The number of hydrogen-bond acceptors (Lipinski definition) is 4. The molecule has 3 aromatic carbocycles. The van der Waals surface area contributed by atoms with Crippen LogP contribution in [0.4, 0.5) is 5.69 Å². The van der Waals surface area contributed by atoms with Crippen molar-refractivity contribution in [2.45, 2.75) is 20.5 Å². The fourth-order valence-electron chi connectivity index (χ4n) is 3.41. The van der Waals surface area contributed by atoms with Gasteiger partial charge in [-0.15, -0.1) is 0 Å².